The van der Waals surface area contributed by atoms with Crippen molar-refractivity contribution in [3.05, 3.63) is 35.9 Å². The van der Waals surface area contributed by atoms with E-state index in [1.807, 2.05) is 11.6 Å². The Kier molecular flexibility index (Phi) is 5.36. The number of fused-ring (bicyclic) bond motifs is 1. The number of para-hydroxylation sites is 1. The van der Waals surface area contributed by atoms with Gasteiger partial charge in [-0.25, -0.2) is 29.9 Å². The number of nitrogens with zero attached hydrogens (tertiary/aromatic N) is 2. The average Bonchev–Trinajstić information content (AvgIpc) is 2.99. The molecule has 0 aliphatic carbocycles. The van der Waals surface area contributed by atoms with E-state index < -0.39 is 20.8 Å². The van der Waals surface area contributed by atoms with Gasteiger partial charge in [0.1, 0.15) is 4.90 Å². The van der Waals surface area contributed by atoms with E-state index in [1.54, 1.807) is 18.2 Å². The fraction of sp³-hybridized carbons (Fsp3) is 0.0667. The summed E-state index contributed by atoms with van der Waals surface area (Å²) in [5.74, 6) is 4.98. The molecule has 2 aromatic carbocycles. The molecule has 148 valence electrons. The number of hydrogen-bond donors (Lipinski definition) is 5. The van der Waals surface area contributed by atoms with Gasteiger partial charge < -0.3 is 11.5 Å². The minimum Gasteiger partial charge on any atom is -0.382 e. The molecule has 0 fully saturated rings. The fourth-order valence-electron chi connectivity index (χ4n) is 2.86. The van der Waals surface area contributed by atoms with Crippen molar-refractivity contribution in [3.8, 4) is 11.1 Å². The Morgan fingerprint density at radius 1 is 1.25 bits per heavy atom. The van der Waals surface area contributed by atoms with Crippen molar-refractivity contribution >= 4 is 53.3 Å². The molecule has 28 heavy (non-hydrogen) atoms. The first-order valence-corrected chi connectivity index (χ1v) is 11.5. The zero-order chi connectivity index (χ0) is 20.6. The molecular weight excluding hydrogens is 422 g/mol. The highest BCUT2D eigenvalue weighted by molar-refractivity contribution is 7.90. The highest BCUT2D eigenvalue weighted by Crippen LogP contribution is 2.37. The molecule has 3 rings (SSSR count). The molecule has 13 heteroatoms. The molecule has 0 amide bonds. The van der Waals surface area contributed by atoms with E-state index >= 15 is 0 Å². The highest BCUT2D eigenvalue weighted by atomic mass is 32.2. The van der Waals surface area contributed by atoms with Gasteiger partial charge in [-0.1, -0.05) is 29.5 Å². The summed E-state index contributed by atoms with van der Waals surface area (Å²) in [7, 11) is -5.98. The first-order chi connectivity index (χ1) is 13.1. The second-order valence-corrected chi connectivity index (χ2v) is 9.55. The molecule has 1 aromatic heterocycles. The van der Waals surface area contributed by atoms with Crippen LogP contribution in [0.4, 0.5) is 5.13 Å². The summed E-state index contributed by atoms with van der Waals surface area (Å²) < 4.78 is 37.7. The van der Waals surface area contributed by atoms with E-state index in [2.05, 4.69) is 10.1 Å². The topological polar surface area (TPSA) is 193 Å². The van der Waals surface area contributed by atoms with Crippen LogP contribution in [0.15, 0.2) is 45.2 Å². The van der Waals surface area contributed by atoms with Gasteiger partial charge in [0.05, 0.1) is 25.9 Å². The smallest absolute Gasteiger partial charge is 0.240 e. The van der Waals surface area contributed by atoms with Crippen molar-refractivity contribution < 1.29 is 12.6 Å². The molecule has 0 aliphatic rings. The number of anilines is 1. The van der Waals surface area contributed by atoms with Crippen LogP contribution in [0.2, 0.25) is 0 Å². The van der Waals surface area contributed by atoms with Crippen LogP contribution in [0, 0.1) is 0 Å². The maximum Gasteiger partial charge on any atom is 0.240 e. The monoisotopic (exact) mass is 439 g/mol. The van der Waals surface area contributed by atoms with Gasteiger partial charge in [-0.15, -0.1) is 5.10 Å². The average molecular weight is 440 g/mol. The number of benzene rings is 2. The van der Waals surface area contributed by atoms with E-state index in [1.165, 1.54) is 23.7 Å². The molecule has 0 saturated carbocycles. The van der Waals surface area contributed by atoms with Gasteiger partial charge in [0, 0.05) is 17.4 Å². The number of amidine groups is 1. The molecule has 3 aromatic rings. The van der Waals surface area contributed by atoms with Crippen LogP contribution in [0.1, 0.15) is 5.56 Å². The number of nitrogens with two attached hydrogens (primary N) is 4. The van der Waals surface area contributed by atoms with Crippen LogP contribution in [0.3, 0.4) is 0 Å². The van der Waals surface area contributed by atoms with Gasteiger partial charge in [0.25, 0.3) is 0 Å². The first kappa shape index (κ1) is 20.2. The highest BCUT2D eigenvalue weighted by Gasteiger charge is 2.27. The van der Waals surface area contributed by atoms with Gasteiger partial charge in [-0.3, -0.25) is 4.21 Å². The van der Waals surface area contributed by atoms with Gasteiger partial charge in [-0.05, 0) is 17.7 Å². The van der Waals surface area contributed by atoms with Crippen molar-refractivity contribution in [2.75, 3.05) is 12.0 Å². The normalized spacial score (nSPS) is 13.6. The number of thiazole rings is 1. The van der Waals surface area contributed by atoms with E-state index in [0.717, 1.165) is 4.70 Å². The molecular formula is C15H17N7O3S3. The Morgan fingerprint density at radius 2 is 1.96 bits per heavy atom. The Balaban J connectivity index is 2.52. The molecule has 1 atom stereocenters. The number of rotatable bonds is 5. The zero-order valence-corrected chi connectivity index (χ0v) is 17.0. The maximum absolute atomic E-state index is 12.4. The van der Waals surface area contributed by atoms with Crippen LogP contribution in [0.25, 0.3) is 21.3 Å². The van der Waals surface area contributed by atoms with Crippen molar-refractivity contribution in [1.29, 1.82) is 0 Å². The summed E-state index contributed by atoms with van der Waals surface area (Å²) in [6.45, 7) is 0. The third-order valence-corrected chi connectivity index (χ3v) is 6.81. The number of sulfonamides is 1. The summed E-state index contributed by atoms with van der Waals surface area (Å²) in [6, 6.07) is 8.35. The summed E-state index contributed by atoms with van der Waals surface area (Å²) in [6.07, 6.45) is 1.34. The molecule has 1 heterocycles. The van der Waals surface area contributed by atoms with Gasteiger partial charge in [0.2, 0.25) is 10.0 Å². The lowest BCUT2D eigenvalue weighted by Crippen LogP contribution is -2.28. The molecule has 0 bridgehead atoms. The number of hydrazone groups is 1. The van der Waals surface area contributed by atoms with Gasteiger partial charge in [-0.2, -0.15) is 0 Å². The third kappa shape index (κ3) is 3.57. The molecule has 0 spiro atoms. The Bertz CT molecular complexity index is 1240. The molecule has 0 aliphatic heterocycles. The number of nitrogen functional groups attached to an aromatic ring is 1. The van der Waals surface area contributed by atoms with E-state index in [4.69, 9.17) is 22.4 Å². The Morgan fingerprint density at radius 3 is 2.57 bits per heavy atom. The number of aromatic nitrogens is 1. The minimum absolute atomic E-state index is 0.00129. The van der Waals surface area contributed by atoms with E-state index in [9.17, 15) is 12.6 Å². The van der Waals surface area contributed by atoms with Crippen molar-refractivity contribution in [2.24, 2.45) is 21.8 Å². The fourth-order valence-corrected chi connectivity index (χ4v) is 5.79. The molecule has 1 unspecified atom stereocenters. The van der Waals surface area contributed by atoms with Crippen LogP contribution >= 0.6 is 11.3 Å². The van der Waals surface area contributed by atoms with Crippen LogP contribution in [-0.4, -0.2) is 29.7 Å². The van der Waals surface area contributed by atoms with E-state index in [-0.39, 0.29) is 21.2 Å². The van der Waals surface area contributed by atoms with Crippen molar-refractivity contribution in [2.45, 2.75) is 9.79 Å². The SMILES string of the molecule is CS(=O)c1ccc(-c2cccc3sc(N)nc23)c(/C(N)=N/NN)c1S(N)(=O)=O. The summed E-state index contributed by atoms with van der Waals surface area (Å²) in [5, 5.41) is 9.49. The lowest BCUT2D eigenvalue weighted by molar-refractivity contribution is 0.595. The minimum atomic E-state index is -4.32. The predicted octanol–water partition coefficient (Wildman–Crippen LogP) is 0.0139. The number of hydrazine groups is 1. The first-order valence-electron chi connectivity index (χ1n) is 7.63. The Hall–Kier alpha value is -2.58. The van der Waals surface area contributed by atoms with Crippen molar-refractivity contribution in [3.63, 3.8) is 0 Å². The quantitative estimate of drug-likeness (QED) is 0.159. The van der Waals surface area contributed by atoms with Gasteiger partial charge in [0.15, 0.2) is 11.0 Å². The van der Waals surface area contributed by atoms with Crippen LogP contribution in [-0.2, 0) is 20.8 Å². The summed E-state index contributed by atoms with van der Waals surface area (Å²) in [5.41, 5.74) is 15.3. The second kappa shape index (κ2) is 7.44. The molecule has 0 saturated heterocycles. The molecule has 9 N–H and O–H groups in total. The number of hydrogen-bond acceptors (Lipinski definition) is 9. The molecule has 0 radical (unpaired) electrons. The summed E-state index contributed by atoms with van der Waals surface area (Å²) >= 11 is 1.28. The Labute approximate surface area is 167 Å². The number of nitrogens with one attached hydrogen (secondary N) is 1. The number of primary sulfonamides is 1. The van der Waals surface area contributed by atoms with Gasteiger partial charge >= 0.3 is 0 Å². The summed E-state index contributed by atoms with van der Waals surface area (Å²) in [4.78, 5) is 3.93. The lowest BCUT2D eigenvalue weighted by atomic mass is 9.98. The molecule has 10 nitrogen and oxygen atoms in total. The predicted molar refractivity (Wildman–Crippen MR) is 111 cm³/mol. The van der Waals surface area contributed by atoms with Crippen LogP contribution < -0.4 is 28.0 Å². The van der Waals surface area contributed by atoms with Crippen LogP contribution in [0.5, 0.6) is 0 Å². The standard InChI is InChI=1S/C15H17N7O3S3/c1-27(23)10-6-5-7(8-3-2-4-9-12(8)20-15(17)26-9)11(14(16)21-22-18)13(10)28(19,24)25/h2-6,22H,18H2,1H3,(H2,16,21)(H2,17,20)(H2,19,24,25). The lowest BCUT2D eigenvalue weighted by Gasteiger charge is -2.16. The largest absolute Gasteiger partial charge is 0.382 e. The zero-order valence-electron chi connectivity index (χ0n) is 14.5. The van der Waals surface area contributed by atoms with Crippen molar-refractivity contribution in [1.82, 2.24) is 10.5 Å². The second-order valence-electron chi connectivity index (χ2n) is 5.65. The van der Waals surface area contributed by atoms with E-state index in [0.29, 0.717) is 21.8 Å². The maximum atomic E-state index is 12.4. The third-order valence-electron chi connectivity index (χ3n) is 3.88.